The van der Waals surface area contributed by atoms with Crippen molar-refractivity contribution in [3.63, 3.8) is 0 Å². The molecule has 0 bridgehead atoms. The molecule has 1 aliphatic rings. The zero-order chi connectivity index (χ0) is 13.0. The molecule has 18 heavy (non-hydrogen) atoms. The minimum Gasteiger partial charge on any atom is -0.474 e. The number of pyridine rings is 1. The fraction of sp³-hybridized carbons (Fsp3) is 0.417. The van der Waals surface area contributed by atoms with Gasteiger partial charge in [0.1, 0.15) is 5.56 Å². The van der Waals surface area contributed by atoms with E-state index in [1.807, 2.05) is 13.8 Å². The van der Waals surface area contributed by atoms with Crippen molar-refractivity contribution in [3.8, 4) is 5.88 Å². The lowest BCUT2D eigenvalue weighted by molar-refractivity contribution is 0.0971. The number of aromatic nitrogens is 1. The lowest BCUT2D eigenvalue weighted by Gasteiger charge is -2.12. The van der Waals surface area contributed by atoms with E-state index in [4.69, 9.17) is 4.74 Å². The SMILES string of the molecule is CC(C)Oc1ncccc1C(=O)NC1=NCCS1. The average molecular weight is 265 g/mol. The Balaban J connectivity index is 2.13. The Labute approximate surface area is 110 Å². The number of aliphatic imine (C=N–C) groups is 1. The number of nitrogens with one attached hydrogen (secondary N) is 1. The Morgan fingerprint density at radius 1 is 1.56 bits per heavy atom. The highest BCUT2D eigenvalue weighted by Crippen LogP contribution is 2.17. The molecule has 96 valence electrons. The molecule has 1 aromatic rings. The molecule has 6 heteroatoms. The molecule has 0 aromatic carbocycles. The van der Waals surface area contributed by atoms with Crippen LogP contribution in [0.4, 0.5) is 0 Å². The van der Waals surface area contributed by atoms with Crippen molar-refractivity contribution in [1.82, 2.24) is 10.3 Å². The molecule has 0 unspecified atom stereocenters. The van der Waals surface area contributed by atoms with Gasteiger partial charge in [0.15, 0.2) is 5.17 Å². The van der Waals surface area contributed by atoms with Crippen molar-refractivity contribution in [2.24, 2.45) is 4.99 Å². The van der Waals surface area contributed by atoms with Crippen molar-refractivity contribution in [2.45, 2.75) is 20.0 Å². The van der Waals surface area contributed by atoms with Crippen LogP contribution < -0.4 is 10.1 Å². The number of amides is 1. The predicted octanol–water partition coefficient (Wildman–Crippen LogP) is 1.70. The molecule has 0 atom stereocenters. The highest BCUT2D eigenvalue weighted by Gasteiger charge is 2.17. The van der Waals surface area contributed by atoms with Crippen molar-refractivity contribution >= 4 is 22.8 Å². The maximum Gasteiger partial charge on any atom is 0.262 e. The van der Waals surface area contributed by atoms with Crippen LogP contribution in [0, 0.1) is 0 Å². The van der Waals surface area contributed by atoms with Crippen LogP contribution in [-0.2, 0) is 0 Å². The Kier molecular flexibility index (Phi) is 4.19. The smallest absolute Gasteiger partial charge is 0.262 e. The van der Waals surface area contributed by atoms with Gasteiger partial charge in [-0.2, -0.15) is 0 Å². The van der Waals surface area contributed by atoms with Crippen molar-refractivity contribution in [3.05, 3.63) is 23.9 Å². The normalized spacial score (nSPS) is 14.5. The first-order valence-corrected chi connectivity index (χ1v) is 6.75. The summed E-state index contributed by atoms with van der Waals surface area (Å²) in [5.41, 5.74) is 0.432. The Morgan fingerprint density at radius 3 is 3.06 bits per heavy atom. The first-order chi connectivity index (χ1) is 8.66. The van der Waals surface area contributed by atoms with E-state index in [0.717, 1.165) is 12.3 Å². The van der Waals surface area contributed by atoms with Crippen LogP contribution in [0.15, 0.2) is 23.3 Å². The first kappa shape index (κ1) is 12.9. The van der Waals surface area contributed by atoms with Crippen LogP contribution in [0.25, 0.3) is 0 Å². The third-order valence-corrected chi connectivity index (χ3v) is 3.06. The van der Waals surface area contributed by atoms with Gasteiger partial charge in [0.25, 0.3) is 5.91 Å². The number of amidine groups is 1. The monoisotopic (exact) mass is 265 g/mol. The molecular formula is C12H15N3O2S. The van der Waals surface area contributed by atoms with E-state index in [1.54, 1.807) is 30.1 Å². The average Bonchev–Trinajstić information content (AvgIpc) is 2.81. The summed E-state index contributed by atoms with van der Waals surface area (Å²) in [6.45, 7) is 4.54. The van der Waals surface area contributed by atoms with Gasteiger partial charge in [-0.05, 0) is 26.0 Å². The van der Waals surface area contributed by atoms with E-state index in [2.05, 4.69) is 15.3 Å². The standard InChI is InChI=1S/C12H15N3O2S/c1-8(2)17-11-9(4-3-5-13-11)10(16)15-12-14-6-7-18-12/h3-5,8H,6-7H2,1-2H3,(H,14,15,16). The maximum atomic E-state index is 12.1. The second-order valence-electron chi connectivity index (χ2n) is 4.01. The highest BCUT2D eigenvalue weighted by molar-refractivity contribution is 8.14. The number of hydrogen-bond acceptors (Lipinski definition) is 5. The van der Waals surface area contributed by atoms with Gasteiger partial charge in [-0.1, -0.05) is 11.8 Å². The van der Waals surface area contributed by atoms with Gasteiger partial charge in [-0.3, -0.25) is 9.79 Å². The second kappa shape index (κ2) is 5.86. The fourth-order valence-corrected chi connectivity index (χ4v) is 2.18. The molecule has 0 fully saturated rings. The number of hydrogen-bond donors (Lipinski definition) is 1. The summed E-state index contributed by atoms with van der Waals surface area (Å²) in [4.78, 5) is 20.3. The van der Waals surface area contributed by atoms with Crippen LogP contribution in [0.1, 0.15) is 24.2 Å². The molecule has 2 rings (SSSR count). The third kappa shape index (κ3) is 3.22. The van der Waals surface area contributed by atoms with Gasteiger partial charge >= 0.3 is 0 Å². The molecule has 1 amide bonds. The lowest BCUT2D eigenvalue weighted by atomic mass is 10.2. The number of carbonyl (C=O) groups is 1. The summed E-state index contributed by atoms with van der Waals surface area (Å²) in [6.07, 6.45) is 1.58. The van der Waals surface area contributed by atoms with Gasteiger partial charge < -0.3 is 10.1 Å². The lowest BCUT2D eigenvalue weighted by Crippen LogP contribution is -2.28. The van der Waals surface area contributed by atoms with Gasteiger partial charge in [0.2, 0.25) is 5.88 Å². The summed E-state index contributed by atoms with van der Waals surface area (Å²) in [5, 5.41) is 3.43. The van der Waals surface area contributed by atoms with Crippen molar-refractivity contribution < 1.29 is 9.53 Å². The predicted molar refractivity (Wildman–Crippen MR) is 72.2 cm³/mol. The Morgan fingerprint density at radius 2 is 2.39 bits per heavy atom. The summed E-state index contributed by atoms with van der Waals surface area (Å²) >= 11 is 1.54. The molecule has 0 aliphatic carbocycles. The fourth-order valence-electron chi connectivity index (χ4n) is 1.46. The number of nitrogens with zero attached hydrogens (tertiary/aromatic N) is 2. The van der Waals surface area contributed by atoms with Crippen LogP contribution >= 0.6 is 11.8 Å². The number of rotatable bonds is 3. The topological polar surface area (TPSA) is 63.6 Å². The van der Waals surface area contributed by atoms with Crippen LogP contribution in [0.5, 0.6) is 5.88 Å². The maximum absolute atomic E-state index is 12.1. The Hall–Kier alpha value is -1.56. The van der Waals surface area contributed by atoms with Crippen LogP contribution in [0.2, 0.25) is 0 Å². The summed E-state index contributed by atoms with van der Waals surface area (Å²) in [7, 11) is 0. The summed E-state index contributed by atoms with van der Waals surface area (Å²) in [6, 6.07) is 3.41. The molecule has 0 saturated heterocycles. The zero-order valence-electron chi connectivity index (χ0n) is 10.3. The summed E-state index contributed by atoms with van der Waals surface area (Å²) < 4.78 is 5.51. The van der Waals surface area contributed by atoms with Crippen molar-refractivity contribution in [1.29, 1.82) is 0 Å². The first-order valence-electron chi connectivity index (χ1n) is 5.77. The molecular weight excluding hydrogens is 250 g/mol. The van der Waals surface area contributed by atoms with E-state index in [1.165, 1.54) is 0 Å². The minimum atomic E-state index is -0.230. The zero-order valence-corrected chi connectivity index (χ0v) is 11.2. The summed E-state index contributed by atoms with van der Waals surface area (Å²) in [5.74, 6) is 1.04. The molecule has 1 N–H and O–H groups in total. The number of ether oxygens (including phenoxy) is 1. The number of thioether (sulfide) groups is 1. The van der Waals surface area contributed by atoms with Crippen LogP contribution in [-0.4, -0.2) is 34.5 Å². The molecule has 5 nitrogen and oxygen atoms in total. The largest absolute Gasteiger partial charge is 0.474 e. The van der Waals surface area contributed by atoms with E-state index in [9.17, 15) is 4.79 Å². The van der Waals surface area contributed by atoms with Gasteiger partial charge in [-0.25, -0.2) is 4.98 Å². The number of carbonyl (C=O) groups excluding carboxylic acids is 1. The third-order valence-electron chi connectivity index (χ3n) is 2.17. The minimum absolute atomic E-state index is 0.0235. The molecule has 0 radical (unpaired) electrons. The van der Waals surface area contributed by atoms with E-state index < -0.39 is 0 Å². The van der Waals surface area contributed by atoms with Gasteiger partial charge in [0, 0.05) is 11.9 Å². The second-order valence-corrected chi connectivity index (χ2v) is 5.10. The molecule has 1 aliphatic heterocycles. The molecule has 1 aromatic heterocycles. The molecule has 2 heterocycles. The van der Waals surface area contributed by atoms with Gasteiger partial charge in [0.05, 0.1) is 12.6 Å². The van der Waals surface area contributed by atoms with Gasteiger partial charge in [-0.15, -0.1) is 0 Å². The van der Waals surface area contributed by atoms with E-state index in [0.29, 0.717) is 16.6 Å². The quantitative estimate of drug-likeness (QED) is 0.903. The van der Waals surface area contributed by atoms with Crippen molar-refractivity contribution in [2.75, 3.05) is 12.3 Å². The van der Waals surface area contributed by atoms with Crippen LogP contribution in [0.3, 0.4) is 0 Å². The molecule has 0 saturated carbocycles. The Bertz CT molecular complexity index is 474. The highest BCUT2D eigenvalue weighted by atomic mass is 32.2. The van der Waals surface area contributed by atoms with E-state index in [-0.39, 0.29) is 12.0 Å². The molecule has 0 spiro atoms. The van der Waals surface area contributed by atoms with E-state index >= 15 is 0 Å².